The molecule has 0 aliphatic heterocycles. The maximum atomic E-state index is 11.8. The molecular weight excluding hydrogens is 408 g/mol. The summed E-state index contributed by atoms with van der Waals surface area (Å²) in [6, 6.07) is 0. The van der Waals surface area contributed by atoms with E-state index in [2.05, 4.69) is 37.6 Å². The second-order valence-electron chi connectivity index (χ2n) is 6.66. The van der Waals surface area contributed by atoms with Gasteiger partial charge in [-0.25, -0.2) is 4.98 Å². The number of nitrogens with zero attached hydrogens (tertiary/aromatic N) is 5. The molecule has 2 heterocycles. The van der Waals surface area contributed by atoms with E-state index >= 15 is 0 Å². The zero-order valence-corrected chi connectivity index (χ0v) is 17.8. The number of amides is 2. The smallest absolute Gasteiger partial charge is 0.247 e. The van der Waals surface area contributed by atoms with E-state index in [1.54, 1.807) is 32.7 Å². The Labute approximate surface area is 180 Å². The maximum Gasteiger partial charge on any atom is 0.247 e. The summed E-state index contributed by atoms with van der Waals surface area (Å²) in [4.78, 5) is 32.9. The molecule has 11 heteroatoms. The van der Waals surface area contributed by atoms with Gasteiger partial charge in [0, 0.05) is 33.0 Å². The molecule has 0 aliphatic carbocycles. The highest BCUT2D eigenvalue weighted by Gasteiger charge is 2.10. The van der Waals surface area contributed by atoms with Crippen molar-refractivity contribution in [2.45, 2.75) is 13.5 Å². The minimum absolute atomic E-state index is 0.0638. The van der Waals surface area contributed by atoms with Crippen molar-refractivity contribution in [3.8, 4) is 0 Å². The minimum Gasteiger partial charge on any atom is -0.368 e. The van der Waals surface area contributed by atoms with Gasteiger partial charge in [0.25, 0.3) is 0 Å². The molecule has 0 spiro atoms. The lowest BCUT2D eigenvalue weighted by atomic mass is 10.2. The fraction of sp³-hybridized carbons (Fsp3) is 0.316. The monoisotopic (exact) mass is 432 g/mol. The molecule has 160 valence electrons. The van der Waals surface area contributed by atoms with Crippen LogP contribution in [0, 0.1) is 5.92 Å². The largest absolute Gasteiger partial charge is 0.368 e. The Kier molecular flexibility index (Phi) is 8.36. The zero-order chi connectivity index (χ0) is 22.1. The first kappa shape index (κ1) is 22.9. The van der Waals surface area contributed by atoms with E-state index in [0.29, 0.717) is 29.0 Å². The summed E-state index contributed by atoms with van der Waals surface area (Å²) in [5, 5.41) is 13.3. The Bertz CT molecular complexity index is 925. The Morgan fingerprint density at radius 1 is 1.37 bits per heavy atom. The fourth-order valence-corrected chi connectivity index (χ4v) is 2.31. The number of carbonyl (C=O) groups is 2. The third kappa shape index (κ3) is 7.21. The summed E-state index contributed by atoms with van der Waals surface area (Å²) in [5.74, 6) is 0.577. The quantitative estimate of drug-likeness (QED) is 0.491. The Morgan fingerprint density at radius 2 is 2.13 bits per heavy atom. The first-order valence-corrected chi connectivity index (χ1v) is 9.52. The van der Waals surface area contributed by atoms with E-state index < -0.39 is 0 Å². The van der Waals surface area contributed by atoms with Crippen LogP contribution in [0.15, 0.2) is 43.5 Å². The van der Waals surface area contributed by atoms with Crippen molar-refractivity contribution in [3.63, 3.8) is 0 Å². The zero-order valence-electron chi connectivity index (χ0n) is 17.1. The lowest BCUT2D eigenvalue weighted by Gasteiger charge is -2.12. The van der Waals surface area contributed by atoms with Crippen LogP contribution >= 0.6 is 11.6 Å². The number of rotatable bonds is 10. The summed E-state index contributed by atoms with van der Waals surface area (Å²) in [7, 11) is 3.38. The van der Waals surface area contributed by atoms with Crippen molar-refractivity contribution >= 4 is 40.9 Å². The van der Waals surface area contributed by atoms with Crippen LogP contribution in [0.2, 0.25) is 5.02 Å². The summed E-state index contributed by atoms with van der Waals surface area (Å²) >= 11 is 6.18. The van der Waals surface area contributed by atoms with Crippen molar-refractivity contribution in [1.82, 2.24) is 30.0 Å². The number of halogens is 1. The molecule has 0 saturated heterocycles. The molecule has 0 saturated carbocycles. The van der Waals surface area contributed by atoms with Gasteiger partial charge in [0.05, 0.1) is 18.1 Å². The Hall–Kier alpha value is -3.40. The number of aromatic nitrogens is 4. The molecule has 2 aromatic rings. The van der Waals surface area contributed by atoms with Crippen molar-refractivity contribution in [2.75, 3.05) is 31.3 Å². The van der Waals surface area contributed by atoms with Crippen LogP contribution in [0.3, 0.4) is 0 Å². The lowest BCUT2D eigenvalue weighted by molar-refractivity contribution is -0.129. The molecule has 2 rings (SSSR count). The third-order valence-electron chi connectivity index (χ3n) is 3.86. The summed E-state index contributed by atoms with van der Waals surface area (Å²) in [6.45, 7) is 6.04. The van der Waals surface area contributed by atoms with Gasteiger partial charge < -0.3 is 20.9 Å². The van der Waals surface area contributed by atoms with Crippen LogP contribution in [-0.4, -0.2) is 57.1 Å². The average molecular weight is 433 g/mol. The first-order chi connectivity index (χ1) is 14.3. The van der Waals surface area contributed by atoms with Gasteiger partial charge in [-0.3, -0.25) is 14.3 Å². The highest BCUT2D eigenvalue weighted by Crippen LogP contribution is 2.21. The minimum atomic E-state index is -0.268. The van der Waals surface area contributed by atoms with E-state index in [9.17, 15) is 9.59 Å². The predicted molar refractivity (Wildman–Crippen MR) is 116 cm³/mol. The van der Waals surface area contributed by atoms with Gasteiger partial charge in [-0.2, -0.15) is 10.1 Å². The number of hydrogen-bond donors (Lipinski definition) is 3. The molecule has 2 aromatic heterocycles. The summed E-state index contributed by atoms with van der Waals surface area (Å²) in [6.07, 6.45) is 9.38. The topological polar surface area (TPSA) is 117 Å². The van der Waals surface area contributed by atoms with Crippen LogP contribution in [0.5, 0.6) is 0 Å². The van der Waals surface area contributed by atoms with Crippen LogP contribution < -0.4 is 16.0 Å². The highest BCUT2D eigenvalue weighted by atomic mass is 35.5. The van der Waals surface area contributed by atoms with Gasteiger partial charge in [0.2, 0.25) is 17.8 Å². The van der Waals surface area contributed by atoms with Gasteiger partial charge in [0.1, 0.15) is 11.6 Å². The van der Waals surface area contributed by atoms with Gasteiger partial charge in [-0.05, 0) is 12.0 Å². The Morgan fingerprint density at radius 3 is 2.83 bits per heavy atom. The van der Waals surface area contributed by atoms with Gasteiger partial charge in [-0.1, -0.05) is 31.2 Å². The number of nitrogens with one attached hydrogen (secondary N) is 3. The molecule has 0 aromatic carbocycles. The van der Waals surface area contributed by atoms with Crippen LogP contribution in [0.25, 0.3) is 0 Å². The van der Waals surface area contributed by atoms with Crippen molar-refractivity contribution < 1.29 is 9.59 Å². The van der Waals surface area contributed by atoms with Crippen molar-refractivity contribution in [2.24, 2.45) is 5.92 Å². The van der Waals surface area contributed by atoms with Gasteiger partial charge in [-0.15, -0.1) is 0 Å². The van der Waals surface area contributed by atoms with Crippen molar-refractivity contribution in [3.05, 3.63) is 48.5 Å². The number of hydrogen-bond acceptors (Lipinski definition) is 7. The molecule has 0 fully saturated rings. The van der Waals surface area contributed by atoms with E-state index in [4.69, 9.17) is 11.6 Å². The molecule has 30 heavy (non-hydrogen) atoms. The number of likely N-dealkylation sites (N-methyl/N-ethyl adjacent to an activating group) is 1. The molecule has 1 unspecified atom stereocenters. The normalized spacial score (nSPS) is 11.7. The first-order valence-electron chi connectivity index (χ1n) is 9.14. The van der Waals surface area contributed by atoms with Crippen molar-refractivity contribution in [1.29, 1.82) is 0 Å². The van der Waals surface area contributed by atoms with Gasteiger partial charge in [0.15, 0.2) is 5.82 Å². The highest BCUT2D eigenvalue weighted by molar-refractivity contribution is 6.32. The molecule has 0 radical (unpaired) electrons. The number of carbonyl (C=O) groups excluding carboxylic acids is 2. The maximum absolute atomic E-state index is 11.8. The van der Waals surface area contributed by atoms with E-state index in [1.165, 1.54) is 21.9 Å². The standard InChI is InChI=1S/C19H25ClN8O2/c1-5-16(29)21-7-6-13(2)8-22-18-15(20)10-23-19(26-18)25-14-9-24-28(11-14)12-17(30)27(3)4/h5-7,9-11,13H,1,8,12H2,2-4H3,(H,21,29)(H2,22,23,25,26)/b7-6+. The van der Waals surface area contributed by atoms with Crippen LogP contribution in [0.4, 0.5) is 17.5 Å². The second-order valence-corrected chi connectivity index (χ2v) is 7.07. The van der Waals surface area contributed by atoms with E-state index in [-0.39, 0.29) is 24.3 Å². The van der Waals surface area contributed by atoms with E-state index in [0.717, 1.165) is 0 Å². The predicted octanol–water partition coefficient (Wildman–Crippen LogP) is 2.02. The van der Waals surface area contributed by atoms with Crippen LogP contribution in [-0.2, 0) is 16.1 Å². The molecular formula is C19H25ClN8O2. The molecule has 2 amide bonds. The SMILES string of the molecule is C=CC(=O)N/C=C/C(C)CNc1nc(Nc2cnn(CC(=O)N(C)C)c2)ncc1Cl. The lowest BCUT2D eigenvalue weighted by Crippen LogP contribution is -2.26. The number of anilines is 3. The fourth-order valence-electron chi connectivity index (χ4n) is 2.15. The Balaban J connectivity index is 1.95. The molecule has 1 atom stereocenters. The van der Waals surface area contributed by atoms with Gasteiger partial charge >= 0.3 is 0 Å². The van der Waals surface area contributed by atoms with E-state index in [1.807, 2.05) is 13.0 Å². The molecule has 0 aliphatic rings. The molecule has 3 N–H and O–H groups in total. The molecule has 0 bridgehead atoms. The third-order valence-corrected chi connectivity index (χ3v) is 4.13. The molecule has 10 nitrogen and oxygen atoms in total. The summed E-state index contributed by atoms with van der Waals surface area (Å²) < 4.78 is 1.53. The van der Waals surface area contributed by atoms with Crippen LogP contribution in [0.1, 0.15) is 6.92 Å². The second kappa shape index (κ2) is 11.0. The average Bonchev–Trinajstić information content (AvgIpc) is 3.14. The summed E-state index contributed by atoms with van der Waals surface area (Å²) in [5.41, 5.74) is 0.643.